The fourth-order valence-electron chi connectivity index (χ4n) is 3.76. The van der Waals surface area contributed by atoms with E-state index in [0.717, 1.165) is 0 Å². The lowest BCUT2D eigenvalue weighted by Crippen LogP contribution is -1.96. The van der Waals surface area contributed by atoms with Crippen LogP contribution in [0.1, 0.15) is 50.7 Å². The SMILES string of the molecule is CCCCc1ccc2ccccc2c1CCCC.c1ccc2ccccc2c1. The first-order valence-electron chi connectivity index (χ1n) is 10.8. The summed E-state index contributed by atoms with van der Waals surface area (Å²) >= 11 is 0. The van der Waals surface area contributed by atoms with E-state index >= 15 is 0 Å². The zero-order valence-electron chi connectivity index (χ0n) is 17.3. The van der Waals surface area contributed by atoms with Gasteiger partial charge in [-0.2, -0.15) is 0 Å². The Balaban J connectivity index is 0.000000188. The second-order valence-electron chi connectivity index (χ2n) is 7.48. The Morgan fingerprint density at radius 2 is 1.00 bits per heavy atom. The Morgan fingerprint density at radius 3 is 1.57 bits per heavy atom. The monoisotopic (exact) mass is 368 g/mol. The van der Waals surface area contributed by atoms with Crippen molar-refractivity contribution in [3.05, 3.63) is 96.1 Å². The summed E-state index contributed by atoms with van der Waals surface area (Å²) in [6.45, 7) is 4.55. The Hall–Kier alpha value is -2.60. The molecular formula is C28H32. The highest BCUT2D eigenvalue weighted by molar-refractivity contribution is 5.86. The van der Waals surface area contributed by atoms with Crippen LogP contribution >= 0.6 is 0 Å². The molecule has 0 nitrogen and oxygen atoms in total. The van der Waals surface area contributed by atoms with Crippen LogP contribution in [-0.2, 0) is 12.8 Å². The first-order valence-corrected chi connectivity index (χ1v) is 10.8. The molecular weight excluding hydrogens is 336 g/mol. The third kappa shape index (κ3) is 5.23. The van der Waals surface area contributed by atoms with Gasteiger partial charge in [0.2, 0.25) is 0 Å². The molecule has 0 spiro atoms. The van der Waals surface area contributed by atoms with Gasteiger partial charge in [-0.15, -0.1) is 0 Å². The van der Waals surface area contributed by atoms with E-state index in [1.165, 1.54) is 60.1 Å². The minimum Gasteiger partial charge on any atom is -0.0654 e. The van der Waals surface area contributed by atoms with E-state index in [-0.39, 0.29) is 0 Å². The van der Waals surface area contributed by atoms with Crippen LogP contribution in [0, 0.1) is 0 Å². The molecule has 4 aromatic carbocycles. The highest BCUT2D eigenvalue weighted by Crippen LogP contribution is 2.25. The van der Waals surface area contributed by atoms with Crippen molar-refractivity contribution < 1.29 is 0 Å². The molecule has 0 aliphatic heterocycles. The van der Waals surface area contributed by atoms with Crippen LogP contribution in [0.3, 0.4) is 0 Å². The van der Waals surface area contributed by atoms with E-state index in [4.69, 9.17) is 0 Å². The molecule has 4 rings (SSSR count). The second kappa shape index (κ2) is 10.7. The van der Waals surface area contributed by atoms with Gasteiger partial charge in [-0.1, -0.05) is 112 Å². The number of unbranched alkanes of at least 4 members (excludes halogenated alkanes) is 2. The Kier molecular flexibility index (Phi) is 7.67. The molecule has 0 saturated heterocycles. The van der Waals surface area contributed by atoms with Gasteiger partial charge in [0.25, 0.3) is 0 Å². The molecule has 144 valence electrons. The predicted molar refractivity (Wildman–Crippen MR) is 125 cm³/mol. The standard InChI is InChI=1S/C18H24.C10H8/c1-3-5-9-15-13-14-16-10-7-8-12-18(16)17(15)11-6-4-2;1-2-6-10-8-4-3-7-9(10)5-1/h7-8,10,12-14H,3-6,9,11H2,1-2H3;1-8H. The van der Waals surface area contributed by atoms with Crippen LogP contribution in [0.5, 0.6) is 0 Å². The van der Waals surface area contributed by atoms with E-state index < -0.39 is 0 Å². The molecule has 0 N–H and O–H groups in total. The summed E-state index contributed by atoms with van der Waals surface area (Å²) in [5.74, 6) is 0. The van der Waals surface area contributed by atoms with Gasteiger partial charge in [0, 0.05) is 0 Å². The van der Waals surface area contributed by atoms with Crippen LogP contribution in [-0.4, -0.2) is 0 Å². The largest absolute Gasteiger partial charge is 0.0654 e. The zero-order valence-corrected chi connectivity index (χ0v) is 17.3. The van der Waals surface area contributed by atoms with Crippen molar-refractivity contribution >= 4 is 21.5 Å². The predicted octanol–water partition coefficient (Wildman–Crippen LogP) is 8.36. The molecule has 0 aliphatic carbocycles. The summed E-state index contributed by atoms with van der Waals surface area (Å²) in [5, 5.41) is 5.48. The lowest BCUT2D eigenvalue weighted by Gasteiger charge is -2.13. The number of aryl methyl sites for hydroxylation is 2. The van der Waals surface area contributed by atoms with Crippen molar-refractivity contribution in [3.8, 4) is 0 Å². The lowest BCUT2D eigenvalue weighted by molar-refractivity contribution is 0.762. The Bertz CT molecular complexity index is 931. The molecule has 0 fully saturated rings. The van der Waals surface area contributed by atoms with Crippen molar-refractivity contribution in [3.63, 3.8) is 0 Å². The highest BCUT2D eigenvalue weighted by Gasteiger charge is 2.06. The van der Waals surface area contributed by atoms with Crippen molar-refractivity contribution in [2.24, 2.45) is 0 Å². The van der Waals surface area contributed by atoms with Crippen LogP contribution < -0.4 is 0 Å². The maximum Gasteiger partial charge on any atom is -0.0149 e. The van der Waals surface area contributed by atoms with Crippen molar-refractivity contribution in [1.82, 2.24) is 0 Å². The number of fused-ring (bicyclic) bond motifs is 2. The Morgan fingerprint density at radius 1 is 0.500 bits per heavy atom. The fraction of sp³-hybridized carbons (Fsp3) is 0.286. The average molecular weight is 369 g/mol. The zero-order chi connectivity index (χ0) is 19.6. The smallest absolute Gasteiger partial charge is 0.0149 e. The Labute approximate surface area is 170 Å². The first kappa shape index (κ1) is 20.1. The molecule has 0 aliphatic rings. The summed E-state index contributed by atoms with van der Waals surface area (Å²) in [6, 6.07) is 30.2. The normalized spacial score (nSPS) is 10.6. The summed E-state index contributed by atoms with van der Waals surface area (Å²) in [5.41, 5.74) is 3.17. The molecule has 0 radical (unpaired) electrons. The molecule has 0 heterocycles. The lowest BCUT2D eigenvalue weighted by atomic mass is 9.92. The number of rotatable bonds is 6. The molecule has 28 heavy (non-hydrogen) atoms. The van der Waals surface area contributed by atoms with Crippen LogP contribution in [0.25, 0.3) is 21.5 Å². The molecule has 0 saturated carbocycles. The molecule has 4 aromatic rings. The third-order valence-electron chi connectivity index (χ3n) is 5.38. The van der Waals surface area contributed by atoms with Crippen LogP contribution in [0.15, 0.2) is 84.9 Å². The second-order valence-corrected chi connectivity index (χ2v) is 7.48. The van der Waals surface area contributed by atoms with Gasteiger partial charge >= 0.3 is 0 Å². The number of hydrogen-bond acceptors (Lipinski definition) is 0. The molecule has 0 amide bonds. The van der Waals surface area contributed by atoms with Gasteiger partial charge in [-0.05, 0) is 58.4 Å². The van der Waals surface area contributed by atoms with E-state index in [1.807, 2.05) is 0 Å². The molecule has 0 bridgehead atoms. The maximum atomic E-state index is 2.35. The summed E-state index contributed by atoms with van der Waals surface area (Å²) in [7, 11) is 0. The molecule has 0 atom stereocenters. The van der Waals surface area contributed by atoms with Gasteiger partial charge in [-0.25, -0.2) is 0 Å². The van der Waals surface area contributed by atoms with Crippen LogP contribution in [0.4, 0.5) is 0 Å². The topological polar surface area (TPSA) is 0 Å². The molecule has 0 unspecified atom stereocenters. The third-order valence-corrected chi connectivity index (χ3v) is 5.38. The summed E-state index contributed by atoms with van der Waals surface area (Å²) in [6.07, 6.45) is 7.62. The van der Waals surface area contributed by atoms with Crippen molar-refractivity contribution in [2.45, 2.75) is 52.4 Å². The fourth-order valence-corrected chi connectivity index (χ4v) is 3.76. The van der Waals surface area contributed by atoms with Crippen molar-refractivity contribution in [2.75, 3.05) is 0 Å². The van der Waals surface area contributed by atoms with E-state index in [0.29, 0.717) is 0 Å². The quantitative estimate of drug-likeness (QED) is 0.321. The van der Waals surface area contributed by atoms with E-state index in [1.54, 1.807) is 11.1 Å². The minimum absolute atomic E-state index is 1.23. The van der Waals surface area contributed by atoms with Gasteiger partial charge < -0.3 is 0 Å². The van der Waals surface area contributed by atoms with Gasteiger partial charge in [0.15, 0.2) is 0 Å². The van der Waals surface area contributed by atoms with Gasteiger partial charge in [0.1, 0.15) is 0 Å². The highest BCUT2D eigenvalue weighted by atomic mass is 14.1. The summed E-state index contributed by atoms with van der Waals surface area (Å²) in [4.78, 5) is 0. The first-order chi connectivity index (χ1) is 13.8. The minimum atomic E-state index is 1.23. The van der Waals surface area contributed by atoms with Crippen molar-refractivity contribution in [1.29, 1.82) is 0 Å². The van der Waals surface area contributed by atoms with Crippen LogP contribution in [0.2, 0.25) is 0 Å². The molecule has 0 aromatic heterocycles. The average Bonchev–Trinajstić information content (AvgIpc) is 2.77. The number of hydrogen-bond donors (Lipinski definition) is 0. The van der Waals surface area contributed by atoms with E-state index in [2.05, 4.69) is 98.8 Å². The van der Waals surface area contributed by atoms with E-state index in [9.17, 15) is 0 Å². The maximum absolute atomic E-state index is 2.35. The summed E-state index contributed by atoms with van der Waals surface area (Å²) < 4.78 is 0. The van der Waals surface area contributed by atoms with Gasteiger partial charge in [-0.3, -0.25) is 0 Å². The molecule has 0 heteroatoms. The number of benzene rings is 4. The van der Waals surface area contributed by atoms with Gasteiger partial charge in [0.05, 0.1) is 0 Å².